The van der Waals surface area contributed by atoms with Gasteiger partial charge in [0, 0.05) is 12.4 Å². The molecule has 0 aromatic carbocycles. The van der Waals surface area contributed by atoms with Gasteiger partial charge in [-0.1, -0.05) is 17.4 Å². The van der Waals surface area contributed by atoms with Crippen LogP contribution in [0.4, 0.5) is 0 Å². The number of fused-ring (bicyclic) bond motifs is 1. The fourth-order valence-electron chi connectivity index (χ4n) is 1.53. The summed E-state index contributed by atoms with van der Waals surface area (Å²) in [7, 11) is 1.38. The number of imidazole rings is 1. The van der Waals surface area contributed by atoms with E-state index in [0.29, 0.717) is 4.88 Å². The standard InChI is InChI=1S/C11H8N2O2S2/c1-15-10(14)9-6-13-5-7(12-11(13)17-9)8-3-2-4-16-8/h2-6H,1H3. The molecule has 4 nitrogen and oxygen atoms in total. The van der Waals surface area contributed by atoms with Crippen LogP contribution in [0.3, 0.4) is 0 Å². The van der Waals surface area contributed by atoms with Crippen molar-refractivity contribution in [1.29, 1.82) is 0 Å². The van der Waals surface area contributed by atoms with Crippen LogP contribution in [0.2, 0.25) is 0 Å². The molecule has 3 aromatic heterocycles. The van der Waals surface area contributed by atoms with E-state index in [1.807, 2.05) is 28.1 Å². The van der Waals surface area contributed by atoms with Gasteiger partial charge in [0.15, 0.2) is 4.96 Å². The van der Waals surface area contributed by atoms with Crippen molar-refractivity contribution in [3.63, 3.8) is 0 Å². The average Bonchev–Trinajstić information content (AvgIpc) is 3.01. The molecule has 0 saturated carbocycles. The molecular formula is C11H8N2O2S2. The zero-order valence-electron chi connectivity index (χ0n) is 8.91. The summed E-state index contributed by atoms with van der Waals surface area (Å²) < 4.78 is 6.52. The van der Waals surface area contributed by atoms with Gasteiger partial charge in [-0.3, -0.25) is 4.40 Å². The van der Waals surface area contributed by atoms with E-state index in [9.17, 15) is 4.79 Å². The molecule has 0 saturated heterocycles. The summed E-state index contributed by atoms with van der Waals surface area (Å²) in [5.41, 5.74) is 0.933. The van der Waals surface area contributed by atoms with E-state index in [4.69, 9.17) is 0 Å². The molecule has 3 aromatic rings. The Kier molecular flexibility index (Phi) is 2.45. The van der Waals surface area contributed by atoms with Crippen molar-refractivity contribution >= 4 is 33.6 Å². The predicted octanol–water partition coefficient (Wildman–Crippen LogP) is 2.91. The van der Waals surface area contributed by atoms with E-state index in [2.05, 4.69) is 9.72 Å². The fourth-order valence-corrected chi connectivity index (χ4v) is 3.10. The zero-order valence-corrected chi connectivity index (χ0v) is 10.5. The SMILES string of the molecule is COC(=O)c1cn2cc(-c3cccs3)nc2s1. The van der Waals surface area contributed by atoms with E-state index in [1.54, 1.807) is 17.5 Å². The smallest absolute Gasteiger partial charge is 0.349 e. The summed E-state index contributed by atoms with van der Waals surface area (Å²) in [6, 6.07) is 4.02. The number of carbonyl (C=O) groups is 1. The summed E-state index contributed by atoms with van der Waals surface area (Å²) in [4.78, 5) is 18.3. The number of esters is 1. The lowest BCUT2D eigenvalue weighted by molar-refractivity contribution is 0.0606. The van der Waals surface area contributed by atoms with Crippen LogP contribution in [0.1, 0.15) is 9.67 Å². The van der Waals surface area contributed by atoms with Crippen molar-refractivity contribution in [2.24, 2.45) is 0 Å². The molecule has 17 heavy (non-hydrogen) atoms. The largest absolute Gasteiger partial charge is 0.465 e. The highest BCUT2D eigenvalue weighted by atomic mass is 32.1. The van der Waals surface area contributed by atoms with Crippen LogP contribution in [0.15, 0.2) is 29.9 Å². The van der Waals surface area contributed by atoms with Crippen molar-refractivity contribution < 1.29 is 9.53 Å². The second-order valence-corrected chi connectivity index (χ2v) is 5.34. The highest BCUT2D eigenvalue weighted by Gasteiger charge is 2.13. The third-order valence-electron chi connectivity index (χ3n) is 2.32. The van der Waals surface area contributed by atoms with Crippen LogP contribution in [0.25, 0.3) is 15.5 Å². The zero-order chi connectivity index (χ0) is 11.8. The first-order chi connectivity index (χ1) is 8.28. The van der Waals surface area contributed by atoms with Crippen molar-refractivity contribution in [3.8, 4) is 10.6 Å². The van der Waals surface area contributed by atoms with E-state index < -0.39 is 0 Å². The highest BCUT2D eigenvalue weighted by molar-refractivity contribution is 7.18. The molecule has 0 aliphatic rings. The molecule has 0 unspecified atom stereocenters. The Morgan fingerprint density at radius 2 is 2.35 bits per heavy atom. The van der Waals surface area contributed by atoms with Gasteiger partial charge in [0.25, 0.3) is 0 Å². The topological polar surface area (TPSA) is 43.6 Å². The highest BCUT2D eigenvalue weighted by Crippen LogP contribution is 2.27. The quantitative estimate of drug-likeness (QED) is 0.668. The summed E-state index contributed by atoms with van der Waals surface area (Å²) in [5.74, 6) is -0.321. The number of nitrogens with zero attached hydrogens (tertiary/aromatic N) is 2. The Hall–Kier alpha value is -1.66. The molecule has 0 aliphatic heterocycles. The average molecular weight is 264 g/mol. The van der Waals surface area contributed by atoms with Crippen molar-refractivity contribution in [1.82, 2.24) is 9.38 Å². The molecule has 0 radical (unpaired) electrons. The first-order valence-corrected chi connectivity index (χ1v) is 6.58. The van der Waals surface area contributed by atoms with Gasteiger partial charge in [-0.2, -0.15) is 0 Å². The lowest BCUT2D eigenvalue weighted by atomic mass is 10.4. The molecule has 0 amide bonds. The number of methoxy groups -OCH3 is 1. The maximum atomic E-state index is 11.3. The Labute approximate surface area is 105 Å². The predicted molar refractivity (Wildman–Crippen MR) is 67.7 cm³/mol. The van der Waals surface area contributed by atoms with Gasteiger partial charge < -0.3 is 4.74 Å². The Balaban J connectivity index is 2.05. The second kappa shape index (κ2) is 3.97. The Bertz CT molecular complexity index is 635. The molecule has 0 atom stereocenters. The van der Waals surface area contributed by atoms with Crippen LogP contribution < -0.4 is 0 Å². The van der Waals surface area contributed by atoms with Crippen molar-refractivity contribution in [2.75, 3.05) is 7.11 Å². The Morgan fingerprint density at radius 3 is 3.00 bits per heavy atom. The van der Waals surface area contributed by atoms with Crippen molar-refractivity contribution in [2.45, 2.75) is 0 Å². The molecule has 0 aliphatic carbocycles. The van der Waals surface area contributed by atoms with Gasteiger partial charge in [0.05, 0.1) is 12.0 Å². The molecule has 6 heteroatoms. The van der Waals surface area contributed by atoms with Crippen LogP contribution in [0, 0.1) is 0 Å². The summed E-state index contributed by atoms with van der Waals surface area (Å²) >= 11 is 2.98. The molecule has 86 valence electrons. The summed E-state index contributed by atoms with van der Waals surface area (Å²) in [6.45, 7) is 0. The fraction of sp³-hybridized carbons (Fsp3) is 0.0909. The van der Waals surface area contributed by atoms with Gasteiger partial charge in [-0.15, -0.1) is 11.3 Å². The minimum Gasteiger partial charge on any atom is -0.465 e. The number of ether oxygens (including phenoxy) is 1. The first kappa shape index (κ1) is 10.5. The van der Waals surface area contributed by atoms with Gasteiger partial charge in [-0.05, 0) is 11.4 Å². The van der Waals surface area contributed by atoms with Crippen LogP contribution in [0.5, 0.6) is 0 Å². The molecule has 0 fully saturated rings. The molecule has 3 rings (SSSR count). The number of hydrogen-bond acceptors (Lipinski definition) is 5. The number of thiophene rings is 1. The lowest BCUT2D eigenvalue weighted by Crippen LogP contribution is -1.97. The van der Waals surface area contributed by atoms with Crippen LogP contribution >= 0.6 is 22.7 Å². The first-order valence-electron chi connectivity index (χ1n) is 4.88. The van der Waals surface area contributed by atoms with E-state index >= 15 is 0 Å². The number of rotatable bonds is 2. The summed E-state index contributed by atoms with van der Waals surface area (Å²) in [6.07, 6.45) is 3.67. The third-order valence-corrected chi connectivity index (χ3v) is 4.19. The lowest BCUT2D eigenvalue weighted by Gasteiger charge is -1.91. The normalized spacial score (nSPS) is 10.9. The van der Waals surface area contributed by atoms with Crippen LogP contribution in [-0.4, -0.2) is 22.5 Å². The maximum absolute atomic E-state index is 11.3. The Morgan fingerprint density at radius 1 is 1.47 bits per heavy atom. The monoisotopic (exact) mass is 264 g/mol. The van der Waals surface area contributed by atoms with E-state index in [0.717, 1.165) is 15.5 Å². The molecule has 0 spiro atoms. The van der Waals surface area contributed by atoms with Crippen molar-refractivity contribution in [3.05, 3.63) is 34.8 Å². The number of thiazole rings is 1. The van der Waals surface area contributed by atoms with E-state index in [1.165, 1.54) is 18.4 Å². The van der Waals surface area contributed by atoms with Gasteiger partial charge in [0.1, 0.15) is 10.6 Å². The van der Waals surface area contributed by atoms with Crippen LogP contribution in [-0.2, 0) is 4.74 Å². The molecular weight excluding hydrogens is 256 g/mol. The van der Waals surface area contributed by atoms with E-state index in [-0.39, 0.29) is 5.97 Å². The molecule has 0 bridgehead atoms. The number of aromatic nitrogens is 2. The summed E-state index contributed by atoms with van der Waals surface area (Å²) in [5, 5.41) is 2.02. The van der Waals surface area contributed by atoms with Gasteiger partial charge >= 0.3 is 5.97 Å². The maximum Gasteiger partial charge on any atom is 0.349 e. The number of hydrogen-bond donors (Lipinski definition) is 0. The van der Waals surface area contributed by atoms with Gasteiger partial charge in [-0.25, -0.2) is 9.78 Å². The molecule has 3 heterocycles. The minimum absolute atomic E-state index is 0.321. The second-order valence-electron chi connectivity index (χ2n) is 3.38. The third kappa shape index (κ3) is 1.75. The minimum atomic E-state index is -0.321. The molecule has 0 N–H and O–H groups in total. The number of carbonyl (C=O) groups excluding carboxylic acids is 1. The van der Waals surface area contributed by atoms with Gasteiger partial charge in [0.2, 0.25) is 0 Å².